The topological polar surface area (TPSA) is 105 Å². The van der Waals surface area contributed by atoms with Crippen LogP contribution in [-0.2, 0) is 30.5 Å². The Labute approximate surface area is 156 Å². The number of esters is 1. The summed E-state index contributed by atoms with van der Waals surface area (Å²) in [5.74, 6) is -0.371. The number of ether oxygens (including phenoxy) is 1. The fourth-order valence-electron chi connectivity index (χ4n) is 1.79. The van der Waals surface area contributed by atoms with Crippen molar-refractivity contribution in [3.05, 3.63) is 29.8 Å². The predicted molar refractivity (Wildman–Crippen MR) is 98.9 cm³/mol. The molecule has 0 heterocycles. The van der Waals surface area contributed by atoms with Gasteiger partial charge in [-0.05, 0) is 50.3 Å². The summed E-state index contributed by atoms with van der Waals surface area (Å²) in [7, 11) is -4.14. The van der Waals surface area contributed by atoms with E-state index in [-0.39, 0.29) is 24.2 Å². The molecule has 0 fully saturated rings. The number of carbonyl (C=O) groups excluding carboxylic acids is 1. The summed E-state index contributed by atoms with van der Waals surface area (Å²) in [4.78, 5) is 11.9. The molecule has 8 heteroatoms. The summed E-state index contributed by atoms with van der Waals surface area (Å²) < 4.78 is 38.6. The number of nitrogens with two attached hydrogens (primary N) is 1. The molecule has 1 aromatic rings. The second kappa shape index (κ2) is 8.37. The molecule has 0 unspecified atom stereocenters. The van der Waals surface area contributed by atoms with Crippen molar-refractivity contribution >= 4 is 16.4 Å². The Balaban J connectivity index is 2.64. The largest absolute Gasteiger partial charge is 0.459 e. The first-order chi connectivity index (χ1) is 11.7. The maximum atomic E-state index is 11.9. The molecule has 0 bridgehead atoms. The number of benzene rings is 1. The van der Waals surface area contributed by atoms with Crippen LogP contribution in [0.1, 0.15) is 47.1 Å². The Morgan fingerprint density at radius 1 is 1.08 bits per heavy atom. The fourth-order valence-corrected chi connectivity index (χ4v) is 2.68. The van der Waals surface area contributed by atoms with Gasteiger partial charge in [-0.2, -0.15) is 8.42 Å². The van der Waals surface area contributed by atoms with Gasteiger partial charge in [-0.3, -0.25) is 4.79 Å². The summed E-state index contributed by atoms with van der Waals surface area (Å²) in [5, 5.41) is 0. The standard InChI is InChI=1S/C18H29NO6S/c1-17(2,3)12-23-26(21,22)25-14-9-7-13(8-10-14)11-15(19)16(20)24-18(4,5)6/h7-10,15H,11-12,19H2,1-6H3/t15-/m1/s1. The molecule has 7 nitrogen and oxygen atoms in total. The van der Waals surface area contributed by atoms with Crippen LogP contribution < -0.4 is 9.92 Å². The Bertz CT molecular complexity index is 699. The van der Waals surface area contributed by atoms with E-state index in [0.29, 0.717) is 0 Å². The van der Waals surface area contributed by atoms with Gasteiger partial charge in [-0.15, -0.1) is 0 Å². The van der Waals surface area contributed by atoms with Crippen molar-refractivity contribution in [2.45, 2.75) is 59.6 Å². The van der Waals surface area contributed by atoms with Gasteiger partial charge in [-0.25, -0.2) is 4.18 Å². The highest BCUT2D eigenvalue weighted by atomic mass is 32.3. The highest BCUT2D eigenvalue weighted by Gasteiger charge is 2.23. The first-order valence-corrected chi connectivity index (χ1v) is 9.66. The minimum absolute atomic E-state index is 0.0121. The zero-order valence-corrected chi connectivity index (χ0v) is 17.1. The van der Waals surface area contributed by atoms with Gasteiger partial charge >= 0.3 is 16.4 Å². The van der Waals surface area contributed by atoms with Gasteiger partial charge in [-0.1, -0.05) is 32.9 Å². The molecule has 1 aromatic carbocycles. The van der Waals surface area contributed by atoms with Gasteiger partial charge in [0, 0.05) is 0 Å². The molecule has 2 N–H and O–H groups in total. The van der Waals surface area contributed by atoms with Crippen molar-refractivity contribution in [3.8, 4) is 5.75 Å². The van der Waals surface area contributed by atoms with E-state index < -0.39 is 28.0 Å². The van der Waals surface area contributed by atoms with Crippen molar-refractivity contribution in [2.24, 2.45) is 11.1 Å². The predicted octanol–water partition coefficient (Wildman–Crippen LogP) is 2.58. The molecule has 1 rings (SSSR count). The lowest BCUT2D eigenvalue weighted by Gasteiger charge is -2.22. The van der Waals surface area contributed by atoms with Gasteiger partial charge in [0.1, 0.15) is 17.4 Å². The number of hydrogen-bond donors (Lipinski definition) is 1. The van der Waals surface area contributed by atoms with Crippen LogP contribution in [0.15, 0.2) is 24.3 Å². The highest BCUT2D eigenvalue weighted by molar-refractivity contribution is 7.82. The zero-order chi connectivity index (χ0) is 20.2. The SMILES string of the molecule is CC(C)(C)COS(=O)(=O)Oc1ccc(C[C@@H](N)C(=O)OC(C)(C)C)cc1. The van der Waals surface area contributed by atoms with Crippen molar-refractivity contribution < 1.29 is 26.3 Å². The van der Waals surface area contributed by atoms with Crippen LogP contribution in [0.3, 0.4) is 0 Å². The third-order valence-electron chi connectivity index (χ3n) is 2.92. The molecule has 0 radical (unpaired) electrons. The van der Waals surface area contributed by atoms with Crippen LogP contribution in [0, 0.1) is 5.41 Å². The quantitative estimate of drug-likeness (QED) is 0.717. The molecule has 0 aliphatic carbocycles. The lowest BCUT2D eigenvalue weighted by Crippen LogP contribution is -2.38. The van der Waals surface area contributed by atoms with Crippen LogP contribution in [-0.4, -0.2) is 32.6 Å². The molecule has 0 aliphatic heterocycles. The monoisotopic (exact) mass is 387 g/mol. The molecular formula is C18H29NO6S. The minimum Gasteiger partial charge on any atom is -0.459 e. The number of hydrogen-bond acceptors (Lipinski definition) is 7. The van der Waals surface area contributed by atoms with Crippen LogP contribution in [0.25, 0.3) is 0 Å². The fraction of sp³-hybridized carbons (Fsp3) is 0.611. The van der Waals surface area contributed by atoms with Crippen LogP contribution in [0.4, 0.5) is 0 Å². The van der Waals surface area contributed by atoms with Crippen molar-refractivity contribution in [1.82, 2.24) is 0 Å². The van der Waals surface area contributed by atoms with Crippen LogP contribution >= 0.6 is 0 Å². The molecule has 0 spiro atoms. The third-order valence-corrected chi connectivity index (χ3v) is 3.73. The van der Waals surface area contributed by atoms with Crippen LogP contribution in [0.2, 0.25) is 0 Å². The number of rotatable bonds is 7. The summed E-state index contributed by atoms with van der Waals surface area (Å²) in [6, 6.07) is 5.43. The Kier molecular flexibility index (Phi) is 7.21. The molecular weight excluding hydrogens is 358 g/mol. The van der Waals surface area contributed by atoms with E-state index in [4.69, 9.17) is 18.8 Å². The smallest absolute Gasteiger partial charge is 0.449 e. The van der Waals surface area contributed by atoms with Gasteiger partial charge in [0.15, 0.2) is 0 Å². The van der Waals surface area contributed by atoms with Crippen molar-refractivity contribution in [1.29, 1.82) is 0 Å². The summed E-state index contributed by atoms with van der Waals surface area (Å²) in [6.45, 7) is 10.9. The van der Waals surface area contributed by atoms with E-state index in [1.54, 1.807) is 32.9 Å². The average molecular weight is 387 g/mol. The first kappa shape index (κ1) is 22.4. The van der Waals surface area contributed by atoms with Crippen molar-refractivity contribution in [3.63, 3.8) is 0 Å². The Hall–Kier alpha value is -1.64. The third kappa shape index (κ3) is 9.17. The molecule has 1 atom stereocenters. The van der Waals surface area contributed by atoms with Crippen LogP contribution in [0.5, 0.6) is 5.75 Å². The van der Waals surface area contributed by atoms with E-state index in [2.05, 4.69) is 0 Å². The van der Waals surface area contributed by atoms with E-state index in [1.807, 2.05) is 20.8 Å². The maximum Gasteiger partial charge on any atom is 0.449 e. The van der Waals surface area contributed by atoms with Gasteiger partial charge < -0.3 is 14.7 Å². The molecule has 26 heavy (non-hydrogen) atoms. The Morgan fingerprint density at radius 3 is 2.08 bits per heavy atom. The first-order valence-electron chi connectivity index (χ1n) is 8.33. The molecule has 0 saturated carbocycles. The summed E-state index contributed by atoms with van der Waals surface area (Å²) in [6.07, 6.45) is 0.266. The van der Waals surface area contributed by atoms with E-state index in [0.717, 1.165) is 5.56 Å². The lowest BCUT2D eigenvalue weighted by atomic mass is 9.99. The molecule has 0 amide bonds. The van der Waals surface area contributed by atoms with E-state index in [9.17, 15) is 13.2 Å². The Morgan fingerprint density at radius 2 is 1.62 bits per heavy atom. The number of carbonyl (C=O) groups is 1. The summed E-state index contributed by atoms with van der Waals surface area (Å²) >= 11 is 0. The molecule has 148 valence electrons. The highest BCUT2D eigenvalue weighted by Crippen LogP contribution is 2.19. The summed E-state index contributed by atoms with van der Waals surface area (Å²) in [5.41, 5.74) is 5.70. The maximum absolute atomic E-state index is 11.9. The second-order valence-corrected chi connectivity index (χ2v) is 9.52. The zero-order valence-electron chi connectivity index (χ0n) is 16.2. The van der Waals surface area contributed by atoms with Gasteiger partial charge in [0.05, 0.1) is 6.61 Å². The van der Waals surface area contributed by atoms with E-state index in [1.165, 1.54) is 12.1 Å². The molecule has 0 aromatic heterocycles. The second-order valence-electron chi connectivity index (χ2n) is 8.30. The van der Waals surface area contributed by atoms with Gasteiger partial charge in [0.25, 0.3) is 0 Å². The molecule has 0 saturated heterocycles. The lowest BCUT2D eigenvalue weighted by molar-refractivity contribution is -0.156. The molecule has 0 aliphatic rings. The van der Waals surface area contributed by atoms with Gasteiger partial charge in [0.2, 0.25) is 0 Å². The van der Waals surface area contributed by atoms with Crippen molar-refractivity contribution in [2.75, 3.05) is 6.61 Å². The normalized spacial score (nSPS) is 14.0. The minimum atomic E-state index is -4.14. The van der Waals surface area contributed by atoms with E-state index >= 15 is 0 Å². The average Bonchev–Trinajstić information content (AvgIpc) is 2.44.